The third-order valence-electron chi connectivity index (χ3n) is 2.83. The number of halogens is 3. The van der Waals surface area contributed by atoms with E-state index in [1.807, 2.05) is 18.2 Å². The average Bonchev–Trinajstić information content (AvgIpc) is 2.20. The molecule has 0 saturated carbocycles. The highest BCUT2D eigenvalue weighted by atomic mass is 79.9. The molecule has 15 heavy (non-hydrogen) atoms. The lowest BCUT2D eigenvalue weighted by Crippen LogP contribution is -2.16. The SMILES string of the molecule is CCC(C)(C)C(Br)c1cc(Cl)ccc1Cl. The van der Waals surface area contributed by atoms with Gasteiger partial charge in [-0.25, -0.2) is 0 Å². The van der Waals surface area contributed by atoms with Crippen molar-refractivity contribution >= 4 is 39.1 Å². The summed E-state index contributed by atoms with van der Waals surface area (Å²) in [6.07, 6.45) is 1.08. The molecule has 84 valence electrons. The van der Waals surface area contributed by atoms with Gasteiger partial charge in [-0.3, -0.25) is 0 Å². The molecule has 1 aromatic carbocycles. The number of benzene rings is 1. The van der Waals surface area contributed by atoms with E-state index in [2.05, 4.69) is 36.7 Å². The normalized spacial score (nSPS) is 14.0. The van der Waals surface area contributed by atoms with Gasteiger partial charge in [-0.15, -0.1) is 0 Å². The molecule has 3 heteroatoms. The molecule has 0 nitrogen and oxygen atoms in total. The van der Waals surface area contributed by atoms with Gasteiger partial charge in [0.2, 0.25) is 0 Å². The Bertz CT molecular complexity index is 347. The van der Waals surface area contributed by atoms with Crippen LogP contribution < -0.4 is 0 Å². The second-order valence-electron chi connectivity index (χ2n) is 4.37. The van der Waals surface area contributed by atoms with Gasteiger partial charge in [-0.1, -0.05) is 59.9 Å². The molecule has 0 spiro atoms. The number of hydrogen-bond acceptors (Lipinski definition) is 0. The predicted octanol–water partition coefficient (Wildman–Crippen LogP) is 5.87. The van der Waals surface area contributed by atoms with Crippen LogP contribution in [0.15, 0.2) is 18.2 Å². The Balaban J connectivity index is 3.10. The van der Waals surface area contributed by atoms with Gasteiger partial charge in [-0.05, 0) is 35.6 Å². The van der Waals surface area contributed by atoms with Gasteiger partial charge in [0.1, 0.15) is 0 Å². The van der Waals surface area contributed by atoms with Gasteiger partial charge in [0.25, 0.3) is 0 Å². The summed E-state index contributed by atoms with van der Waals surface area (Å²) >= 11 is 15.8. The smallest absolute Gasteiger partial charge is 0.0461 e. The summed E-state index contributed by atoms with van der Waals surface area (Å²) < 4.78 is 0. The molecule has 1 atom stereocenters. The molecule has 0 aliphatic carbocycles. The fourth-order valence-corrected chi connectivity index (χ4v) is 2.55. The van der Waals surface area contributed by atoms with E-state index in [1.165, 1.54) is 0 Å². The second kappa shape index (κ2) is 5.07. The number of rotatable bonds is 3. The summed E-state index contributed by atoms with van der Waals surface area (Å²) in [6.45, 7) is 6.60. The van der Waals surface area contributed by atoms with Gasteiger partial charge in [0, 0.05) is 14.9 Å². The van der Waals surface area contributed by atoms with Crippen LogP contribution in [0.5, 0.6) is 0 Å². The van der Waals surface area contributed by atoms with Crippen LogP contribution in [0.25, 0.3) is 0 Å². The van der Waals surface area contributed by atoms with E-state index < -0.39 is 0 Å². The van der Waals surface area contributed by atoms with Gasteiger partial charge < -0.3 is 0 Å². The van der Waals surface area contributed by atoms with Crippen molar-refractivity contribution < 1.29 is 0 Å². The summed E-state index contributed by atoms with van der Waals surface area (Å²) in [4.78, 5) is 0.223. The first-order valence-corrected chi connectivity index (χ1v) is 6.64. The van der Waals surface area contributed by atoms with Gasteiger partial charge in [0.15, 0.2) is 0 Å². The minimum Gasteiger partial charge on any atom is -0.0843 e. The van der Waals surface area contributed by atoms with E-state index in [0.29, 0.717) is 0 Å². The van der Waals surface area contributed by atoms with Gasteiger partial charge in [0.05, 0.1) is 0 Å². The number of alkyl halides is 1. The maximum atomic E-state index is 6.17. The lowest BCUT2D eigenvalue weighted by atomic mass is 9.83. The quantitative estimate of drug-likeness (QED) is 0.613. The third-order valence-corrected chi connectivity index (χ3v) is 5.14. The van der Waals surface area contributed by atoms with E-state index in [0.717, 1.165) is 22.0 Å². The molecule has 0 aromatic heterocycles. The standard InChI is InChI=1S/C12H15BrCl2/c1-4-12(2,3)11(13)9-7-8(14)5-6-10(9)15/h5-7,11H,4H2,1-3H3. The zero-order valence-electron chi connectivity index (χ0n) is 9.15. The molecular formula is C12H15BrCl2. The largest absolute Gasteiger partial charge is 0.0843 e. The molecule has 0 amide bonds. The maximum absolute atomic E-state index is 6.17. The molecule has 0 aliphatic heterocycles. The van der Waals surface area contributed by atoms with Crippen LogP contribution in [0, 0.1) is 5.41 Å². The van der Waals surface area contributed by atoms with Gasteiger partial charge >= 0.3 is 0 Å². The van der Waals surface area contributed by atoms with Crippen LogP contribution in [0.1, 0.15) is 37.6 Å². The number of hydrogen-bond donors (Lipinski definition) is 0. The fraction of sp³-hybridized carbons (Fsp3) is 0.500. The third kappa shape index (κ3) is 3.12. The Hall–Kier alpha value is 0.280. The predicted molar refractivity (Wildman–Crippen MR) is 72.2 cm³/mol. The van der Waals surface area contributed by atoms with Crippen LogP contribution in [0.3, 0.4) is 0 Å². The van der Waals surface area contributed by atoms with Crippen molar-refractivity contribution in [2.75, 3.05) is 0 Å². The first-order valence-electron chi connectivity index (χ1n) is 4.97. The molecule has 0 aliphatic rings. The molecule has 0 heterocycles. The Morgan fingerprint density at radius 3 is 2.47 bits per heavy atom. The summed E-state index contributed by atoms with van der Waals surface area (Å²) in [5, 5.41) is 1.49. The van der Waals surface area contributed by atoms with E-state index in [4.69, 9.17) is 23.2 Å². The van der Waals surface area contributed by atoms with Crippen molar-refractivity contribution in [3.8, 4) is 0 Å². The molecule has 0 radical (unpaired) electrons. The summed E-state index contributed by atoms with van der Waals surface area (Å²) in [5.74, 6) is 0. The monoisotopic (exact) mass is 308 g/mol. The van der Waals surface area contributed by atoms with Crippen molar-refractivity contribution in [3.63, 3.8) is 0 Å². The Kier molecular flexibility index (Phi) is 4.51. The highest BCUT2D eigenvalue weighted by Gasteiger charge is 2.28. The summed E-state index contributed by atoms with van der Waals surface area (Å²) in [5.41, 5.74) is 1.23. The Morgan fingerprint density at radius 1 is 1.33 bits per heavy atom. The highest BCUT2D eigenvalue weighted by molar-refractivity contribution is 9.09. The van der Waals surface area contributed by atoms with E-state index in [1.54, 1.807) is 0 Å². The maximum Gasteiger partial charge on any atom is 0.0461 e. The molecule has 1 rings (SSSR count). The molecule has 1 aromatic rings. The molecule has 1 unspecified atom stereocenters. The first-order chi connectivity index (χ1) is 6.88. The molecule has 0 saturated heterocycles. The van der Waals surface area contributed by atoms with Crippen LogP contribution in [0.2, 0.25) is 10.0 Å². The highest BCUT2D eigenvalue weighted by Crippen LogP contribution is 2.45. The minimum absolute atomic E-state index is 0.161. The van der Waals surface area contributed by atoms with Crippen LogP contribution >= 0.6 is 39.1 Å². The zero-order valence-corrected chi connectivity index (χ0v) is 12.2. The van der Waals surface area contributed by atoms with Crippen molar-refractivity contribution in [3.05, 3.63) is 33.8 Å². The van der Waals surface area contributed by atoms with Crippen LogP contribution in [-0.4, -0.2) is 0 Å². The average molecular weight is 310 g/mol. The summed E-state index contributed by atoms with van der Waals surface area (Å²) in [7, 11) is 0. The van der Waals surface area contributed by atoms with E-state index in [-0.39, 0.29) is 10.2 Å². The molecule has 0 bridgehead atoms. The second-order valence-corrected chi connectivity index (χ2v) is 6.13. The van der Waals surface area contributed by atoms with E-state index in [9.17, 15) is 0 Å². The Labute approximate surface area is 110 Å². The molecular weight excluding hydrogens is 295 g/mol. The van der Waals surface area contributed by atoms with Crippen LogP contribution in [0.4, 0.5) is 0 Å². The molecule has 0 N–H and O–H groups in total. The van der Waals surface area contributed by atoms with Crippen molar-refractivity contribution in [2.24, 2.45) is 5.41 Å². The summed E-state index contributed by atoms with van der Waals surface area (Å²) in [6, 6.07) is 5.59. The van der Waals surface area contributed by atoms with Crippen molar-refractivity contribution in [1.29, 1.82) is 0 Å². The topological polar surface area (TPSA) is 0 Å². The van der Waals surface area contributed by atoms with Crippen LogP contribution in [-0.2, 0) is 0 Å². The van der Waals surface area contributed by atoms with Crippen molar-refractivity contribution in [2.45, 2.75) is 32.0 Å². The zero-order chi connectivity index (χ0) is 11.6. The lowest BCUT2D eigenvalue weighted by molar-refractivity contribution is 0.346. The first kappa shape index (κ1) is 13.3. The Morgan fingerprint density at radius 2 is 1.93 bits per heavy atom. The van der Waals surface area contributed by atoms with E-state index >= 15 is 0 Å². The lowest BCUT2D eigenvalue weighted by Gasteiger charge is -2.30. The fourth-order valence-electron chi connectivity index (χ4n) is 1.31. The molecule has 0 fully saturated rings. The van der Waals surface area contributed by atoms with Crippen molar-refractivity contribution in [1.82, 2.24) is 0 Å². The van der Waals surface area contributed by atoms with Gasteiger partial charge in [-0.2, -0.15) is 0 Å². The minimum atomic E-state index is 0.161.